The third kappa shape index (κ3) is 1.68. The number of halogens is 1. The van der Waals surface area contributed by atoms with Gasteiger partial charge in [-0.25, -0.2) is 0 Å². The van der Waals surface area contributed by atoms with Crippen LogP contribution >= 0.6 is 11.6 Å². The monoisotopic (exact) mass is 182 g/mol. The van der Waals surface area contributed by atoms with Gasteiger partial charge in [0.15, 0.2) is 0 Å². The number of rotatable bonds is 2. The van der Waals surface area contributed by atoms with Crippen molar-refractivity contribution in [3.05, 3.63) is 47.0 Å². The minimum atomic E-state index is -0.669. The fourth-order valence-electron chi connectivity index (χ4n) is 1.03. The number of benzene rings is 1. The van der Waals surface area contributed by atoms with E-state index >= 15 is 0 Å². The maximum atomic E-state index is 9.43. The van der Waals surface area contributed by atoms with Crippen LogP contribution in [-0.2, 0) is 0 Å². The van der Waals surface area contributed by atoms with Crippen molar-refractivity contribution in [1.29, 1.82) is 0 Å². The van der Waals surface area contributed by atoms with E-state index in [2.05, 4.69) is 6.58 Å². The largest absolute Gasteiger partial charge is 0.384 e. The summed E-state index contributed by atoms with van der Waals surface area (Å²) in [6.07, 6.45) is 0.790. The molecule has 0 aliphatic carbocycles. The minimum absolute atomic E-state index is 0.616. The molecule has 2 heteroatoms. The SMILES string of the molecule is C=CC(O)c1cccc(C)c1Cl. The van der Waals surface area contributed by atoms with Gasteiger partial charge in [0.1, 0.15) is 0 Å². The number of hydrogen-bond donors (Lipinski definition) is 1. The summed E-state index contributed by atoms with van der Waals surface area (Å²) in [5.41, 5.74) is 1.68. The summed E-state index contributed by atoms with van der Waals surface area (Å²) < 4.78 is 0. The van der Waals surface area contributed by atoms with Crippen LogP contribution in [0.3, 0.4) is 0 Å². The zero-order valence-electron chi connectivity index (χ0n) is 6.92. The van der Waals surface area contributed by atoms with E-state index in [1.54, 1.807) is 6.07 Å². The summed E-state index contributed by atoms with van der Waals surface area (Å²) in [6, 6.07) is 5.56. The molecule has 1 atom stereocenters. The molecule has 1 rings (SSSR count). The molecule has 0 bridgehead atoms. The van der Waals surface area contributed by atoms with Crippen LogP contribution in [0.2, 0.25) is 5.02 Å². The second kappa shape index (κ2) is 3.74. The van der Waals surface area contributed by atoms with Crippen LogP contribution in [0.5, 0.6) is 0 Å². The van der Waals surface area contributed by atoms with Crippen molar-refractivity contribution in [2.45, 2.75) is 13.0 Å². The zero-order chi connectivity index (χ0) is 9.14. The Morgan fingerprint density at radius 3 is 2.83 bits per heavy atom. The second-order valence-electron chi connectivity index (χ2n) is 2.66. The van der Waals surface area contributed by atoms with Crippen molar-refractivity contribution in [3.63, 3.8) is 0 Å². The van der Waals surface area contributed by atoms with Crippen molar-refractivity contribution in [1.82, 2.24) is 0 Å². The predicted octanol–water partition coefficient (Wildman–Crippen LogP) is 2.87. The Kier molecular flexibility index (Phi) is 2.90. The lowest BCUT2D eigenvalue weighted by molar-refractivity contribution is 0.229. The van der Waals surface area contributed by atoms with Gasteiger partial charge in [0.25, 0.3) is 0 Å². The van der Waals surface area contributed by atoms with Crippen LogP contribution in [0.15, 0.2) is 30.9 Å². The second-order valence-corrected chi connectivity index (χ2v) is 3.04. The molecule has 0 aliphatic heterocycles. The molecule has 64 valence electrons. The van der Waals surface area contributed by atoms with Crippen LogP contribution in [0.1, 0.15) is 17.2 Å². The smallest absolute Gasteiger partial charge is 0.0983 e. The molecule has 0 radical (unpaired) electrons. The van der Waals surface area contributed by atoms with E-state index in [0.29, 0.717) is 10.6 Å². The number of aliphatic hydroxyl groups excluding tert-OH is 1. The van der Waals surface area contributed by atoms with Gasteiger partial charge in [-0.3, -0.25) is 0 Å². The lowest BCUT2D eigenvalue weighted by Gasteiger charge is -2.09. The van der Waals surface area contributed by atoms with Crippen LogP contribution in [0, 0.1) is 6.92 Å². The maximum Gasteiger partial charge on any atom is 0.0983 e. The highest BCUT2D eigenvalue weighted by Crippen LogP contribution is 2.26. The first-order valence-corrected chi connectivity index (χ1v) is 4.10. The first kappa shape index (κ1) is 9.30. The summed E-state index contributed by atoms with van der Waals surface area (Å²) in [7, 11) is 0. The molecule has 0 fully saturated rings. The third-order valence-electron chi connectivity index (χ3n) is 1.76. The molecule has 0 saturated carbocycles. The number of hydrogen-bond acceptors (Lipinski definition) is 1. The first-order chi connectivity index (χ1) is 5.66. The highest BCUT2D eigenvalue weighted by molar-refractivity contribution is 6.32. The zero-order valence-corrected chi connectivity index (χ0v) is 7.67. The molecule has 0 spiro atoms. The molecule has 0 aliphatic rings. The Labute approximate surface area is 77.3 Å². The van der Waals surface area contributed by atoms with Crippen LogP contribution in [0.4, 0.5) is 0 Å². The summed E-state index contributed by atoms with van der Waals surface area (Å²) in [6.45, 7) is 5.40. The molecule has 0 saturated heterocycles. The molecular formula is C10H11ClO. The molecule has 1 unspecified atom stereocenters. The van der Waals surface area contributed by atoms with Crippen LogP contribution < -0.4 is 0 Å². The highest BCUT2D eigenvalue weighted by atomic mass is 35.5. The Hall–Kier alpha value is -0.790. The summed E-state index contributed by atoms with van der Waals surface area (Å²) in [4.78, 5) is 0. The van der Waals surface area contributed by atoms with Gasteiger partial charge in [0.05, 0.1) is 6.10 Å². The maximum absolute atomic E-state index is 9.43. The van der Waals surface area contributed by atoms with Gasteiger partial charge in [-0.1, -0.05) is 35.9 Å². The van der Waals surface area contributed by atoms with E-state index in [0.717, 1.165) is 5.56 Å². The van der Waals surface area contributed by atoms with Gasteiger partial charge in [-0.15, -0.1) is 6.58 Å². The van der Waals surface area contributed by atoms with Gasteiger partial charge in [0, 0.05) is 10.6 Å². The molecule has 0 amide bonds. The normalized spacial score (nSPS) is 12.6. The van der Waals surface area contributed by atoms with Crippen molar-refractivity contribution >= 4 is 11.6 Å². The summed E-state index contributed by atoms with van der Waals surface area (Å²) >= 11 is 5.96. The minimum Gasteiger partial charge on any atom is -0.384 e. The Balaban J connectivity index is 3.15. The molecule has 0 aromatic heterocycles. The van der Waals surface area contributed by atoms with Crippen LogP contribution in [0.25, 0.3) is 0 Å². The van der Waals surface area contributed by atoms with Gasteiger partial charge in [-0.05, 0) is 12.5 Å². The van der Waals surface area contributed by atoms with Crippen LogP contribution in [-0.4, -0.2) is 5.11 Å². The van der Waals surface area contributed by atoms with E-state index < -0.39 is 6.10 Å². The van der Waals surface area contributed by atoms with E-state index in [4.69, 9.17) is 11.6 Å². The predicted molar refractivity (Wildman–Crippen MR) is 51.3 cm³/mol. The fourth-order valence-corrected chi connectivity index (χ4v) is 1.26. The van der Waals surface area contributed by atoms with Crippen molar-refractivity contribution < 1.29 is 5.11 Å². The summed E-state index contributed by atoms with van der Waals surface area (Å²) in [5, 5.41) is 10.0. The standard InChI is InChI=1S/C10H11ClO/c1-3-9(12)8-6-4-5-7(2)10(8)11/h3-6,9,12H,1H2,2H3. The van der Waals surface area contributed by atoms with E-state index in [1.165, 1.54) is 6.08 Å². The number of aliphatic hydroxyl groups is 1. The highest BCUT2D eigenvalue weighted by Gasteiger charge is 2.08. The average molecular weight is 183 g/mol. The Morgan fingerprint density at radius 1 is 1.58 bits per heavy atom. The van der Waals surface area contributed by atoms with E-state index in [1.807, 2.05) is 19.1 Å². The van der Waals surface area contributed by atoms with Gasteiger partial charge >= 0.3 is 0 Å². The quantitative estimate of drug-likeness (QED) is 0.698. The van der Waals surface area contributed by atoms with Gasteiger partial charge in [-0.2, -0.15) is 0 Å². The fraction of sp³-hybridized carbons (Fsp3) is 0.200. The van der Waals surface area contributed by atoms with Gasteiger partial charge in [0.2, 0.25) is 0 Å². The summed E-state index contributed by atoms with van der Waals surface area (Å²) in [5.74, 6) is 0. The molecule has 12 heavy (non-hydrogen) atoms. The molecular weight excluding hydrogens is 172 g/mol. The Bertz CT molecular complexity index is 294. The lowest BCUT2D eigenvalue weighted by atomic mass is 10.1. The van der Waals surface area contributed by atoms with Crippen molar-refractivity contribution in [2.75, 3.05) is 0 Å². The topological polar surface area (TPSA) is 20.2 Å². The number of aryl methyl sites for hydroxylation is 1. The molecule has 1 aromatic carbocycles. The van der Waals surface area contributed by atoms with Crippen molar-refractivity contribution in [3.8, 4) is 0 Å². The van der Waals surface area contributed by atoms with Gasteiger partial charge < -0.3 is 5.11 Å². The van der Waals surface area contributed by atoms with Crippen molar-refractivity contribution in [2.24, 2.45) is 0 Å². The molecule has 1 aromatic rings. The lowest BCUT2D eigenvalue weighted by Crippen LogP contribution is -1.94. The van der Waals surface area contributed by atoms with E-state index in [9.17, 15) is 5.11 Å². The molecule has 1 N–H and O–H groups in total. The first-order valence-electron chi connectivity index (χ1n) is 3.72. The molecule has 0 heterocycles. The molecule has 1 nitrogen and oxygen atoms in total. The average Bonchev–Trinajstić information content (AvgIpc) is 2.08. The Morgan fingerprint density at radius 2 is 2.25 bits per heavy atom. The van der Waals surface area contributed by atoms with E-state index in [-0.39, 0.29) is 0 Å². The third-order valence-corrected chi connectivity index (χ3v) is 2.28.